The van der Waals surface area contributed by atoms with Gasteiger partial charge in [0, 0.05) is 19.6 Å². The van der Waals surface area contributed by atoms with E-state index in [4.69, 9.17) is 4.52 Å². The van der Waals surface area contributed by atoms with E-state index in [0.717, 1.165) is 41.0 Å². The number of rotatable bonds is 3. The second kappa shape index (κ2) is 6.12. The summed E-state index contributed by atoms with van der Waals surface area (Å²) in [7, 11) is 2.09. The van der Waals surface area contributed by atoms with Crippen molar-refractivity contribution in [1.82, 2.24) is 25.3 Å². The Kier molecular flexibility index (Phi) is 3.98. The third-order valence-corrected chi connectivity index (χ3v) is 6.16. The molecule has 0 bridgehead atoms. The quantitative estimate of drug-likeness (QED) is 0.786. The fourth-order valence-corrected chi connectivity index (χ4v) is 4.44. The number of hydrogen-bond donors (Lipinski definition) is 1. The highest BCUT2D eigenvalue weighted by Crippen LogP contribution is 2.36. The Labute approximate surface area is 142 Å². The Balaban J connectivity index is 1.64. The zero-order chi connectivity index (χ0) is 15.8. The SMILES string of the molecule is Cc1nc(-c2cccs2)sc1-c1nc(C2CNCCN2C)no1. The highest BCUT2D eigenvalue weighted by molar-refractivity contribution is 7.22. The predicted molar refractivity (Wildman–Crippen MR) is 91.7 cm³/mol. The number of nitrogens with one attached hydrogen (secondary N) is 1. The Bertz CT molecular complexity index is 795. The molecule has 8 heteroatoms. The molecule has 0 saturated carbocycles. The van der Waals surface area contributed by atoms with Crippen LogP contribution in [0.15, 0.2) is 22.0 Å². The zero-order valence-corrected chi connectivity index (χ0v) is 14.6. The molecule has 0 radical (unpaired) electrons. The molecule has 1 saturated heterocycles. The number of nitrogens with zero attached hydrogens (tertiary/aromatic N) is 4. The van der Waals surface area contributed by atoms with Crippen LogP contribution >= 0.6 is 22.7 Å². The second-order valence-corrected chi connectivity index (χ2v) is 7.52. The number of hydrogen-bond acceptors (Lipinski definition) is 8. The Morgan fingerprint density at radius 2 is 2.30 bits per heavy atom. The van der Waals surface area contributed by atoms with Gasteiger partial charge in [0.2, 0.25) is 0 Å². The molecule has 0 aliphatic carbocycles. The number of piperazine rings is 1. The van der Waals surface area contributed by atoms with Gasteiger partial charge in [-0.25, -0.2) is 4.98 Å². The van der Waals surface area contributed by atoms with Crippen LogP contribution in [0.3, 0.4) is 0 Å². The van der Waals surface area contributed by atoms with Gasteiger partial charge in [0.1, 0.15) is 9.88 Å². The average molecular weight is 347 g/mol. The van der Waals surface area contributed by atoms with Gasteiger partial charge in [-0.05, 0) is 25.4 Å². The van der Waals surface area contributed by atoms with E-state index in [9.17, 15) is 0 Å². The molecule has 6 nitrogen and oxygen atoms in total. The second-order valence-electron chi connectivity index (χ2n) is 5.57. The maximum absolute atomic E-state index is 5.52. The molecular formula is C15H17N5OS2. The summed E-state index contributed by atoms with van der Waals surface area (Å²) in [6.07, 6.45) is 0. The highest BCUT2D eigenvalue weighted by Gasteiger charge is 2.26. The summed E-state index contributed by atoms with van der Waals surface area (Å²) in [6, 6.07) is 4.27. The molecular weight excluding hydrogens is 330 g/mol. The van der Waals surface area contributed by atoms with E-state index in [2.05, 4.69) is 43.8 Å². The number of likely N-dealkylation sites (N-methyl/N-ethyl adjacent to an activating group) is 1. The molecule has 1 aliphatic rings. The summed E-state index contributed by atoms with van der Waals surface area (Å²) < 4.78 is 5.52. The highest BCUT2D eigenvalue weighted by atomic mass is 32.1. The van der Waals surface area contributed by atoms with Gasteiger partial charge in [0.05, 0.1) is 16.6 Å². The molecule has 0 spiro atoms. The van der Waals surface area contributed by atoms with Crippen molar-refractivity contribution in [1.29, 1.82) is 0 Å². The molecule has 0 aromatic carbocycles. The van der Waals surface area contributed by atoms with Crippen LogP contribution in [0, 0.1) is 6.92 Å². The van der Waals surface area contributed by atoms with Crippen molar-refractivity contribution in [3.63, 3.8) is 0 Å². The van der Waals surface area contributed by atoms with Crippen molar-refractivity contribution in [2.24, 2.45) is 0 Å². The molecule has 1 atom stereocenters. The van der Waals surface area contributed by atoms with Crippen molar-refractivity contribution in [3.05, 3.63) is 29.0 Å². The Morgan fingerprint density at radius 1 is 1.39 bits per heavy atom. The number of aryl methyl sites for hydroxylation is 1. The fourth-order valence-electron chi connectivity index (χ4n) is 2.66. The Morgan fingerprint density at radius 3 is 3.09 bits per heavy atom. The van der Waals surface area contributed by atoms with Crippen molar-refractivity contribution in [2.45, 2.75) is 13.0 Å². The molecule has 1 unspecified atom stereocenters. The molecule has 1 N–H and O–H groups in total. The molecule has 4 heterocycles. The Hall–Kier alpha value is -1.61. The molecule has 120 valence electrons. The zero-order valence-electron chi connectivity index (χ0n) is 12.9. The molecule has 1 fully saturated rings. The summed E-state index contributed by atoms with van der Waals surface area (Å²) >= 11 is 3.29. The predicted octanol–water partition coefficient (Wildman–Crippen LogP) is 2.81. The first kappa shape index (κ1) is 14.9. The third kappa shape index (κ3) is 2.83. The first-order valence-corrected chi connectivity index (χ1v) is 9.18. The first-order valence-electron chi connectivity index (χ1n) is 7.48. The van der Waals surface area contributed by atoms with E-state index in [1.54, 1.807) is 22.7 Å². The standard InChI is InChI=1S/C15H17N5OS2/c1-9-12(23-15(17-9)11-4-3-7-22-11)14-18-13(19-21-14)10-8-16-5-6-20(10)2/h3-4,7,10,16H,5-6,8H2,1-2H3. The number of thiazole rings is 1. The van der Waals surface area contributed by atoms with Crippen molar-refractivity contribution < 1.29 is 4.52 Å². The lowest BCUT2D eigenvalue weighted by Crippen LogP contribution is -2.44. The average Bonchev–Trinajstić information content (AvgIpc) is 3.27. The minimum absolute atomic E-state index is 0.159. The normalized spacial score (nSPS) is 19.3. The molecule has 1 aliphatic heterocycles. The van der Waals surface area contributed by atoms with Crippen LogP contribution in [0.2, 0.25) is 0 Å². The monoisotopic (exact) mass is 347 g/mol. The van der Waals surface area contributed by atoms with Gasteiger partial charge in [0.15, 0.2) is 5.82 Å². The summed E-state index contributed by atoms with van der Waals surface area (Å²) in [6.45, 7) is 4.81. The minimum Gasteiger partial charge on any atom is -0.333 e. The van der Waals surface area contributed by atoms with Gasteiger partial charge < -0.3 is 9.84 Å². The maximum atomic E-state index is 5.52. The van der Waals surface area contributed by atoms with Crippen molar-refractivity contribution >= 4 is 22.7 Å². The molecule has 3 aromatic heterocycles. The molecule has 4 rings (SSSR count). The van der Waals surface area contributed by atoms with Crippen LogP contribution in [0.5, 0.6) is 0 Å². The van der Waals surface area contributed by atoms with Gasteiger partial charge >= 0.3 is 0 Å². The van der Waals surface area contributed by atoms with Gasteiger partial charge in [-0.2, -0.15) is 4.98 Å². The van der Waals surface area contributed by atoms with E-state index in [0.29, 0.717) is 5.89 Å². The van der Waals surface area contributed by atoms with Gasteiger partial charge in [-0.3, -0.25) is 4.90 Å². The van der Waals surface area contributed by atoms with Crippen LogP contribution in [0.4, 0.5) is 0 Å². The van der Waals surface area contributed by atoms with Gasteiger partial charge in [-0.15, -0.1) is 22.7 Å². The van der Waals surface area contributed by atoms with Gasteiger partial charge in [0.25, 0.3) is 5.89 Å². The van der Waals surface area contributed by atoms with E-state index >= 15 is 0 Å². The summed E-state index contributed by atoms with van der Waals surface area (Å²) in [5, 5.41) is 10.6. The number of aromatic nitrogens is 3. The van der Waals surface area contributed by atoms with E-state index in [-0.39, 0.29) is 6.04 Å². The van der Waals surface area contributed by atoms with E-state index in [1.165, 1.54) is 4.88 Å². The smallest absolute Gasteiger partial charge is 0.269 e. The third-order valence-electron chi connectivity index (χ3n) is 3.97. The van der Waals surface area contributed by atoms with Crippen LogP contribution in [0.1, 0.15) is 17.6 Å². The maximum Gasteiger partial charge on any atom is 0.269 e. The van der Waals surface area contributed by atoms with Crippen LogP contribution in [0.25, 0.3) is 20.7 Å². The van der Waals surface area contributed by atoms with Crippen LogP contribution in [-0.2, 0) is 0 Å². The topological polar surface area (TPSA) is 67.1 Å². The molecule has 0 amide bonds. The largest absolute Gasteiger partial charge is 0.333 e. The van der Waals surface area contributed by atoms with Crippen LogP contribution in [-0.4, -0.2) is 46.7 Å². The lowest BCUT2D eigenvalue weighted by molar-refractivity contribution is 0.190. The lowest BCUT2D eigenvalue weighted by Gasteiger charge is -2.30. The van der Waals surface area contributed by atoms with E-state index in [1.807, 2.05) is 13.0 Å². The first-order chi connectivity index (χ1) is 11.2. The lowest BCUT2D eigenvalue weighted by atomic mass is 10.2. The van der Waals surface area contributed by atoms with Crippen molar-refractivity contribution in [3.8, 4) is 20.7 Å². The molecule has 3 aromatic rings. The number of thiophene rings is 1. The van der Waals surface area contributed by atoms with Crippen molar-refractivity contribution in [2.75, 3.05) is 26.7 Å². The van der Waals surface area contributed by atoms with E-state index < -0.39 is 0 Å². The minimum atomic E-state index is 0.159. The van der Waals surface area contributed by atoms with Crippen LogP contribution < -0.4 is 5.32 Å². The fraction of sp³-hybridized carbons (Fsp3) is 0.400. The van der Waals surface area contributed by atoms with Gasteiger partial charge in [-0.1, -0.05) is 11.2 Å². The summed E-state index contributed by atoms with van der Waals surface area (Å²) in [5.41, 5.74) is 0.934. The molecule has 23 heavy (non-hydrogen) atoms. The summed E-state index contributed by atoms with van der Waals surface area (Å²) in [5.74, 6) is 1.30. The summed E-state index contributed by atoms with van der Waals surface area (Å²) in [4.78, 5) is 13.6.